The minimum atomic E-state index is -4.50. The summed E-state index contributed by atoms with van der Waals surface area (Å²) in [4.78, 5) is -0.130. The molecule has 0 aromatic heterocycles. The van der Waals surface area contributed by atoms with Crippen LogP contribution < -0.4 is 5.32 Å². The fourth-order valence-corrected chi connectivity index (χ4v) is 1.72. The van der Waals surface area contributed by atoms with Crippen LogP contribution in [0.15, 0.2) is 23.1 Å². The summed E-state index contributed by atoms with van der Waals surface area (Å²) in [6.45, 7) is -0.00190. The molecule has 0 spiro atoms. The molecule has 92 valence electrons. The molecule has 0 bridgehead atoms. The topological polar surface area (TPSA) is 56.0 Å². The van der Waals surface area contributed by atoms with E-state index in [0.717, 1.165) is 6.07 Å². The van der Waals surface area contributed by atoms with Gasteiger partial charge in [0, 0.05) is 17.1 Å². The molecule has 0 aliphatic rings. The van der Waals surface area contributed by atoms with Crippen molar-refractivity contribution in [2.45, 2.75) is 11.1 Å². The van der Waals surface area contributed by atoms with Crippen molar-refractivity contribution in [1.29, 1.82) is 5.26 Å². The lowest BCUT2D eigenvalue weighted by atomic mass is 10.2. The molecule has 2 N–H and O–H groups in total. The largest absolute Gasteiger partial charge is 0.417 e. The SMILES string of the molecule is N#CSc1ccc(NCCO)cc1C(F)(F)F. The van der Waals surface area contributed by atoms with E-state index in [2.05, 4.69) is 5.32 Å². The van der Waals surface area contributed by atoms with Gasteiger partial charge in [0.2, 0.25) is 0 Å². The van der Waals surface area contributed by atoms with Gasteiger partial charge >= 0.3 is 6.18 Å². The summed E-state index contributed by atoms with van der Waals surface area (Å²) < 4.78 is 38.0. The molecule has 1 aromatic rings. The number of thioether (sulfide) groups is 1. The number of alkyl halides is 3. The Morgan fingerprint density at radius 3 is 2.65 bits per heavy atom. The van der Waals surface area contributed by atoms with Gasteiger partial charge in [0.1, 0.15) is 5.40 Å². The summed E-state index contributed by atoms with van der Waals surface area (Å²) in [5.74, 6) is 0. The smallest absolute Gasteiger partial charge is 0.395 e. The lowest BCUT2D eigenvalue weighted by Gasteiger charge is -2.13. The number of benzene rings is 1. The van der Waals surface area contributed by atoms with Crippen LogP contribution in [0.2, 0.25) is 0 Å². The molecule has 0 unspecified atom stereocenters. The molecule has 0 radical (unpaired) electrons. The molecule has 3 nitrogen and oxygen atoms in total. The van der Waals surface area contributed by atoms with Crippen LogP contribution in [0.25, 0.3) is 0 Å². The zero-order chi connectivity index (χ0) is 12.9. The Kier molecular flexibility index (Phi) is 4.66. The molecule has 0 saturated carbocycles. The summed E-state index contributed by atoms with van der Waals surface area (Å²) in [7, 11) is 0. The van der Waals surface area contributed by atoms with Gasteiger partial charge in [-0.1, -0.05) is 0 Å². The molecule has 0 amide bonds. The van der Waals surface area contributed by atoms with E-state index in [9.17, 15) is 13.2 Å². The number of thiocyanates is 1. The molecular weight excluding hydrogens is 253 g/mol. The van der Waals surface area contributed by atoms with Gasteiger partial charge in [-0.15, -0.1) is 0 Å². The Morgan fingerprint density at radius 2 is 2.12 bits per heavy atom. The number of hydrogen-bond donors (Lipinski definition) is 2. The Morgan fingerprint density at radius 1 is 1.41 bits per heavy atom. The highest BCUT2D eigenvalue weighted by Crippen LogP contribution is 2.37. The predicted octanol–water partition coefficient (Wildman–Crippen LogP) is 2.68. The van der Waals surface area contributed by atoms with E-state index < -0.39 is 11.7 Å². The highest BCUT2D eigenvalue weighted by Gasteiger charge is 2.33. The molecule has 0 aliphatic carbocycles. The van der Waals surface area contributed by atoms with Gasteiger partial charge in [0.05, 0.1) is 12.2 Å². The number of halogens is 3. The van der Waals surface area contributed by atoms with Crippen LogP contribution in [-0.4, -0.2) is 18.3 Å². The van der Waals surface area contributed by atoms with Crippen LogP contribution in [0.3, 0.4) is 0 Å². The zero-order valence-electron chi connectivity index (χ0n) is 8.58. The molecule has 1 aromatic carbocycles. The van der Waals surface area contributed by atoms with Crippen molar-refractivity contribution in [3.63, 3.8) is 0 Å². The highest BCUT2D eigenvalue weighted by atomic mass is 32.2. The van der Waals surface area contributed by atoms with Gasteiger partial charge in [-0.2, -0.15) is 18.4 Å². The Hall–Kier alpha value is -1.39. The zero-order valence-corrected chi connectivity index (χ0v) is 9.40. The minimum Gasteiger partial charge on any atom is -0.395 e. The third-order valence-electron chi connectivity index (χ3n) is 1.88. The monoisotopic (exact) mass is 262 g/mol. The fourth-order valence-electron chi connectivity index (χ4n) is 1.20. The maximum absolute atomic E-state index is 12.7. The first-order valence-electron chi connectivity index (χ1n) is 4.61. The van der Waals surface area contributed by atoms with E-state index in [4.69, 9.17) is 10.4 Å². The van der Waals surface area contributed by atoms with Crippen LogP contribution in [0.5, 0.6) is 0 Å². The van der Waals surface area contributed by atoms with Crippen LogP contribution in [0.4, 0.5) is 18.9 Å². The van der Waals surface area contributed by atoms with E-state index in [1.165, 1.54) is 12.1 Å². The predicted molar refractivity (Wildman–Crippen MR) is 58.5 cm³/mol. The van der Waals surface area contributed by atoms with E-state index in [1.54, 1.807) is 5.40 Å². The molecular formula is C10H9F3N2OS. The molecule has 17 heavy (non-hydrogen) atoms. The van der Waals surface area contributed by atoms with E-state index in [1.807, 2.05) is 0 Å². The van der Waals surface area contributed by atoms with Crippen LogP contribution in [0, 0.1) is 10.7 Å². The number of nitrogens with zero attached hydrogens (tertiary/aromatic N) is 1. The first kappa shape index (κ1) is 13.7. The van der Waals surface area contributed by atoms with Crippen LogP contribution in [-0.2, 0) is 6.18 Å². The molecule has 0 saturated heterocycles. The number of aliphatic hydroxyl groups excluding tert-OH is 1. The summed E-state index contributed by atoms with van der Waals surface area (Å²) in [5.41, 5.74) is -0.597. The van der Waals surface area contributed by atoms with Crippen LogP contribution in [0.1, 0.15) is 5.56 Å². The second-order valence-electron chi connectivity index (χ2n) is 3.05. The van der Waals surface area contributed by atoms with Crippen molar-refractivity contribution < 1.29 is 18.3 Å². The molecule has 0 aliphatic heterocycles. The minimum absolute atomic E-state index is 0.130. The van der Waals surface area contributed by atoms with Gasteiger partial charge in [-0.05, 0) is 30.0 Å². The average molecular weight is 262 g/mol. The van der Waals surface area contributed by atoms with Crippen molar-refractivity contribution >= 4 is 17.4 Å². The van der Waals surface area contributed by atoms with Gasteiger partial charge in [0.25, 0.3) is 0 Å². The van der Waals surface area contributed by atoms with E-state index >= 15 is 0 Å². The Balaban J connectivity index is 3.07. The average Bonchev–Trinajstić information content (AvgIpc) is 2.26. The number of nitriles is 1. The number of anilines is 1. The first-order chi connectivity index (χ1) is 7.99. The maximum Gasteiger partial charge on any atom is 0.417 e. The molecule has 0 atom stereocenters. The lowest BCUT2D eigenvalue weighted by molar-refractivity contribution is -0.139. The summed E-state index contributed by atoms with van der Waals surface area (Å²) in [5, 5.41) is 21.2. The Labute approximate surface area is 100 Å². The molecule has 0 fully saturated rings. The van der Waals surface area contributed by atoms with Gasteiger partial charge in [-0.25, -0.2) is 0 Å². The number of rotatable bonds is 4. The Bertz CT molecular complexity index is 429. The van der Waals surface area contributed by atoms with E-state index in [-0.39, 0.29) is 23.7 Å². The summed E-state index contributed by atoms with van der Waals surface area (Å²) >= 11 is 0.470. The van der Waals surface area contributed by atoms with Crippen molar-refractivity contribution in [2.24, 2.45) is 0 Å². The quantitative estimate of drug-likeness (QED) is 0.647. The van der Waals surface area contributed by atoms with E-state index in [0.29, 0.717) is 11.8 Å². The number of aliphatic hydroxyl groups is 1. The fraction of sp³-hybridized carbons (Fsp3) is 0.300. The summed E-state index contributed by atoms with van der Waals surface area (Å²) in [6, 6.07) is 3.59. The highest BCUT2D eigenvalue weighted by molar-refractivity contribution is 8.03. The third-order valence-corrected chi connectivity index (χ3v) is 2.55. The van der Waals surface area contributed by atoms with Gasteiger partial charge < -0.3 is 10.4 Å². The lowest BCUT2D eigenvalue weighted by Crippen LogP contribution is -2.10. The van der Waals surface area contributed by atoms with Crippen molar-refractivity contribution in [3.8, 4) is 5.40 Å². The standard InChI is InChI=1S/C10H9F3N2OS/c11-10(12,13)8-5-7(15-3-4-16)1-2-9(8)17-6-14/h1-2,5,15-16H,3-4H2. The van der Waals surface area contributed by atoms with Gasteiger partial charge in [0.15, 0.2) is 0 Å². The van der Waals surface area contributed by atoms with Gasteiger partial charge in [-0.3, -0.25) is 0 Å². The molecule has 1 rings (SSSR count). The van der Waals surface area contributed by atoms with Crippen molar-refractivity contribution in [2.75, 3.05) is 18.5 Å². The normalized spacial score (nSPS) is 11.0. The first-order valence-corrected chi connectivity index (χ1v) is 5.42. The van der Waals surface area contributed by atoms with Crippen LogP contribution >= 0.6 is 11.8 Å². The number of nitrogens with one attached hydrogen (secondary N) is 1. The van der Waals surface area contributed by atoms with Crippen molar-refractivity contribution in [3.05, 3.63) is 23.8 Å². The van der Waals surface area contributed by atoms with Crippen molar-refractivity contribution in [1.82, 2.24) is 0 Å². The molecule has 0 heterocycles. The maximum atomic E-state index is 12.7. The second kappa shape index (κ2) is 5.80. The third kappa shape index (κ3) is 3.84. The number of hydrogen-bond acceptors (Lipinski definition) is 4. The molecule has 7 heteroatoms. The summed E-state index contributed by atoms with van der Waals surface area (Å²) in [6.07, 6.45) is -4.50. The second-order valence-corrected chi connectivity index (χ2v) is 3.88.